The smallest absolute Gasteiger partial charge is 0.326 e. The molecule has 0 saturated carbocycles. The van der Waals surface area contributed by atoms with Crippen molar-refractivity contribution in [1.82, 2.24) is 0 Å². The summed E-state index contributed by atoms with van der Waals surface area (Å²) in [4.78, 5) is 11.9. The molecule has 0 spiro atoms. The molecule has 0 amide bonds. The number of hydrogen-bond acceptors (Lipinski definition) is 4. The van der Waals surface area contributed by atoms with E-state index in [1.807, 2.05) is 19.9 Å². The van der Waals surface area contributed by atoms with Crippen LogP contribution in [0.15, 0.2) is 51.8 Å². The van der Waals surface area contributed by atoms with Crippen LogP contribution in [-0.2, 0) is 19.6 Å². The third-order valence-corrected chi connectivity index (χ3v) is 5.71. The van der Waals surface area contributed by atoms with Crippen molar-refractivity contribution < 1.29 is 17.9 Å². The average molecular weight is 412 g/mol. The number of hydrogen-bond donors (Lipinski definition) is 0. The Morgan fingerprint density at radius 1 is 1.08 bits per heavy atom. The molecule has 0 radical (unpaired) electrons. The maximum Gasteiger partial charge on any atom is 0.326 e. The second-order valence-electron chi connectivity index (χ2n) is 5.39. The molecule has 0 aliphatic carbocycles. The van der Waals surface area contributed by atoms with Crippen molar-refractivity contribution in [3.05, 3.63) is 58.1 Å². The molecule has 7 heteroatoms. The third-order valence-electron chi connectivity index (χ3n) is 3.40. The molecule has 128 valence electrons. The van der Waals surface area contributed by atoms with Crippen LogP contribution in [0, 0.1) is 13.8 Å². The fourth-order valence-corrected chi connectivity index (χ4v) is 3.98. The Hall–Kier alpha value is -1.86. The number of aryl methyl sites for hydroxylation is 2. The number of anilines is 1. The molecule has 2 aromatic carbocycles. The van der Waals surface area contributed by atoms with Crippen LogP contribution in [0.1, 0.15) is 11.1 Å². The van der Waals surface area contributed by atoms with Gasteiger partial charge in [-0.3, -0.25) is 9.10 Å². The van der Waals surface area contributed by atoms with Crippen LogP contribution in [0.25, 0.3) is 0 Å². The first-order valence-electron chi connectivity index (χ1n) is 7.17. The summed E-state index contributed by atoms with van der Waals surface area (Å²) in [5.74, 6) is -0.630. The van der Waals surface area contributed by atoms with Crippen molar-refractivity contribution in [1.29, 1.82) is 0 Å². The molecule has 0 bridgehead atoms. The first-order chi connectivity index (χ1) is 11.2. The van der Waals surface area contributed by atoms with Crippen molar-refractivity contribution in [3.8, 4) is 0 Å². The van der Waals surface area contributed by atoms with Gasteiger partial charge in [-0.1, -0.05) is 22.0 Å². The highest BCUT2D eigenvalue weighted by Crippen LogP contribution is 2.26. The van der Waals surface area contributed by atoms with Crippen LogP contribution in [0.3, 0.4) is 0 Å². The normalized spacial score (nSPS) is 11.2. The lowest BCUT2D eigenvalue weighted by atomic mass is 10.1. The zero-order chi connectivity index (χ0) is 17.9. The van der Waals surface area contributed by atoms with Crippen LogP contribution < -0.4 is 4.31 Å². The second-order valence-corrected chi connectivity index (χ2v) is 8.17. The first kappa shape index (κ1) is 18.5. The molecule has 0 saturated heterocycles. The van der Waals surface area contributed by atoms with Gasteiger partial charge in [-0.25, -0.2) is 8.42 Å². The lowest BCUT2D eigenvalue weighted by Crippen LogP contribution is -2.36. The highest BCUT2D eigenvalue weighted by molar-refractivity contribution is 9.10. The van der Waals surface area contributed by atoms with Gasteiger partial charge in [-0.2, -0.15) is 0 Å². The Morgan fingerprint density at radius 2 is 1.62 bits per heavy atom. The Morgan fingerprint density at radius 3 is 2.12 bits per heavy atom. The summed E-state index contributed by atoms with van der Waals surface area (Å²) in [5, 5.41) is 0. The highest BCUT2D eigenvalue weighted by atomic mass is 79.9. The Balaban J connectivity index is 2.56. The second kappa shape index (κ2) is 7.36. The summed E-state index contributed by atoms with van der Waals surface area (Å²) < 4.78 is 32.5. The molecule has 0 unspecified atom stereocenters. The molecular formula is C17H18BrNO4S. The largest absolute Gasteiger partial charge is 0.468 e. The maximum absolute atomic E-state index is 13.0. The molecule has 0 heterocycles. The SMILES string of the molecule is COC(=O)CN(c1cc(C)cc(C)c1)S(=O)(=O)c1ccc(Br)cc1. The zero-order valence-electron chi connectivity index (χ0n) is 13.6. The lowest BCUT2D eigenvalue weighted by molar-refractivity contribution is -0.138. The van der Waals surface area contributed by atoms with Gasteiger partial charge in [0.25, 0.3) is 10.0 Å². The molecule has 24 heavy (non-hydrogen) atoms. The van der Waals surface area contributed by atoms with Gasteiger partial charge in [0.05, 0.1) is 17.7 Å². The number of methoxy groups -OCH3 is 1. The molecular weight excluding hydrogens is 394 g/mol. The van der Waals surface area contributed by atoms with Crippen LogP contribution in [0.5, 0.6) is 0 Å². The summed E-state index contributed by atoms with van der Waals surface area (Å²) in [5.41, 5.74) is 2.25. The highest BCUT2D eigenvalue weighted by Gasteiger charge is 2.27. The molecule has 0 atom stereocenters. The van der Waals surface area contributed by atoms with Gasteiger partial charge in [-0.15, -0.1) is 0 Å². The van der Waals surface area contributed by atoms with Crippen LogP contribution in [-0.4, -0.2) is 28.0 Å². The minimum Gasteiger partial charge on any atom is -0.468 e. The Bertz CT molecular complexity index is 827. The van der Waals surface area contributed by atoms with E-state index >= 15 is 0 Å². The van der Waals surface area contributed by atoms with Crippen LogP contribution in [0.4, 0.5) is 5.69 Å². The number of benzene rings is 2. The molecule has 2 rings (SSSR count). The number of rotatable bonds is 5. The van der Waals surface area contributed by atoms with E-state index in [1.54, 1.807) is 24.3 Å². The van der Waals surface area contributed by atoms with Gasteiger partial charge in [0.15, 0.2) is 0 Å². The quantitative estimate of drug-likeness (QED) is 0.706. The number of carbonyl (C=O) groups excluding carboxylic acids is 1. The van der Waals surface area contributed by atoms with Gasteiger partial charge in [0, 0.05) is 4.47 Å². The monoisotopic (exact) mass is 411 g/mol. The Kier molecular flexibility index (Phi) is 5.66. The van der Waals surface area contributed by atoms with Gasteiger partial charge < -0.3 is 4.74 Å². The fraction of sp³-hybridized carbons (Fsp3) is 0.235. The van der Waals surface area contributed by atoms with Gasteiger partial charge in [0.2, 0.25) is 0 Å². The molecule has 0 aliphatic rings. The number of carbonyl (C=O) groups is 1. The fourth-order valence-electron chi connectivity index (χ4n) is 2.33. The minimum atomic E-state index is -3.90. The minimum absolute atomic E-state index is 0.105. The van der Waals surface area contributed by atoms with E-state index in [-0.39, 0.29) is 4.90 Å². The van der Waals surface area contributed by atoms with E-state index in [1.165, 1.54) is 19.2 Å². The number of ether oxygens (including phenoxy) is 1. The first-order valence-corrected chi connectivity index (χ1v) is 9.41. The lowest BCUT2D eigenvalue weighted by Gasteiger charge is -2.24. The number of halogens is 1. The third kappa shape index (κ3) is 4.15. The zero-order valence-corrected chi connectivity index (χ0v) is 16.0. The predicted octanol–water partition coefficient (Wildman–Crippen LogP) is 3.43. The van der Waals surface area contributed by atoms with Crippen molar-refractivity contribution in [2.75, 3.05) is 18.0 Å². The molecule has 0 fully saturated rings. The van der Waals surface area contributed by atoms with E-state index in [4.69, 9.17) is 0 Å². The van der Waals surface area contributed by atoms with E-state index in [9.17, 15) is 13.2 Å². The molecule has 0 aromatic heterocycles. The summed E-state index contributed by atoms with van der Waals surface area (Å²) in [7, 11) is -2.67. The average Bonchev–Trinajstić information content (AvgIpc) is 2.51. The molecule has 2 aromatic rings. The van der Waals surface area contributed by atoms with E-state index in [0.717, 1.165) is 19.9 Å². The Labute approximate surface area is 150 Å². The van der Waals surface area contributed by atoms with E-state index < -0.39 is 22.5 Å². The molecule has 5 nitrogen and oxygen atoms in total. The summed E-state index contributed by atoms with van der Waals surface area (Å²) in [6.07, 6.45) is 0. The number of nitrogens with zero attached hydrogens (tertiary/aromatic N) is 1. The van der Waals surface area contributed by atoms with Gasteiger partial charge in [0.1, 0.15) is 6.54 Å². The topological polar surface area (TPSA) is 63.7 Å². The van der Waals surface area contributed by atoms with Gasteiger partial charge in [-0.05, 0) is 61.4 Å². The van der Waals surface area contributed by atoms with Crippen molar-refractivity contribution in [2.45, 2.75) is 18.7 Å². The van der Waals surface area contributed by atoms with Crippen molar-refractivity contribution >= 4 is 37.6 Å². The molecule has 0 N–H and O–H groups in total. The van der Waals surface area contributed by atoms with Gasteiger partial charge >= 0.3 is 5.97 Å². The molecule has 0 aliphatic heterocycles. The van der Waals surface area contributed by atoms with Crippen molar-refractivity contribution in [3.63, 3.8) is 0 Å². The van der Waals surface area contributed by atoms with Crippen LogP contribution >= 0.6 is 15.9 Å². The van der Waals surface area contributed by atoms with Crippen molar-refractivity contribution in [2.24, 2.45) is 0 Å². The standard InChI is InChI=1S/C17H18BrNO4S/c1-12-8-13(2)10-15(9-12)19(11-17(20)23-3)24(21,22)16-6-4-14(18)5-7-16/h4-10H,11H2,1-3H3. The summed E-state index contributed by atoms with van der Waals surface area (Å²) >= 11 is 3.28. The van der Waals surface area contributed by atoms with E-state index in [0.29, 0.717) is 5.69 Å². The summed E-state index contributed by atoms with van der Waals surface area (Å²) in [6, 6.07) is 11.7. The number of esters is 1. The predicted molar refractivity (Wildman–Crippen MR) is 96.6 cm³/mol. The summed E-state index contributed by atoms with van der Waals surface area (Å²) in [6.45, 7) is 3.36. The van der Waals surface area contributed by atoms with E-state index in [2.05, 4.69) is 20.7 Å². The van der Waals surface area contributed by atoms with Crippen LogP contribution in [0.2, 0.25) is 0 Å². The maximum atomic E-state index is 13.0. The number of sulfonamides is 1.